The van der Waals surface area contributed by atoms with Gasteiger partial charge in [-0.15, -0.1) is 0 Å². The van der Waals surface area contributed by atoms with E-state index >= 15 is 0 Å². The van der Waals surface area contributed by atoms with Crippen molar-refractivity contribution in [3.63, 3.8) is 0 Å². The lowest BCUT2D eigenvalue weighted by atomic mass is 9.82. The predicted octanol–water partition coefficient (Wildman–Crippen LogP) is 6.11. The number of alkyl carbamates (subject to hydrolysis) is 1. The number of carbonyl (C=O) groups is 2. The summed E-state index contributed by atoms with van der Waals surface area (Å²) in [6, 6.07) is 13.6. The van der Waals surface area contributed by atoms with Crippen molar-refractivity contribution in [2.24, 2.45) is 17.3 Å². The Balaban J connectivity index is 1.28. The van der Waals surface area contributed by atoms with E-state index in [2.05, 4.69) is 30.1 Å². The topological polar surface area (TPSA) is 93.2 Å². The molecule has 42 heavy (non-hydrogen) atoms. The van der Waals surface area contributed by atoms with E-state index in [4.69, 9.17) is 19.2 Å². The number of nitrogens with one attached hydrogen (secondary N) is 1. The molecule has 1 aromatic heterocycles. The molecule has 2 aromatic rings. The molecule has 0 radical (unpaired) electrons. The van der Waals surface area contributed by atoms with E-state index in [1.807, 2.05) is 71.0 Å². The summed E-state index contributed by atoms with van der Waals surface area (Å²) in [5, 5.41) is 3.04. The maximum absolute atomic E-state index is 12.8. The SMILES string of the molecule is CC1(C)CCN(c2cc(C(C)(C)NC(=O)OCc3ccccc3)cc(OC3[C@H]4CN(C(=O)OC(C)(C)C)C[C@@H]34)n2)CC1. The Morgan fingerprint density at radius 3 is 2.26 bits per heavy atom. The van der Waals surface area contributed by atoms with Gasteiger partial charge in [0.25, 0.3) is 0 Å². The number of pyridine rings is 1. The molecule has 5 rings (SSSR count). The first kappa shape index (κ1) is 30.0. The second kappa shape index (κ2) is 11.3. The van der Waals surface area contributed by atoms with E-state index in [0.717, 1.165) is 42.9 Å². The van der Waals surface area contributed by atoms with Crippen LogP contribution in [0.5, 0.6) is 5.88 Å². The maximum Gasteiger partial charge on any atom is 0.410 e. The van der Waals surface area contributed by atoms with Gasteiger partial charge in [-0.25, -0.2) is 9.59 Å². The van der Waals surface area contributed by atoms with Gasteiger partial charge in [0.05, 0.1) is 5.54 Å². The third-order valence-corrected chi connectivity index (χ3v) is 8.60. The van der Waals surface area contributed by atoms with Crippen LogP contribution in [0.1, 0.15) is 72.4 Å². The molecule has 3 atom stereocenters. The van der Waals surface area contributed by atoms with Gasteiger partial charge < -0.3 is 29.3 Å². The number of hydrogen-bond donors (Lipinski definition) is 1. The molecule has 0 spiro atoms. The highest BCUT2D eigenvalue weighted by Gasteiger charge is 2.59. The van der Waals surface area contributed by atoms with E-state index in [9.17, 15) is 9.59 Å². The van der Waals surface area contributed by atoms with Crippen LogP contribution in [0.3, 0.4) is 0 Å². The lowest BCUT2D eigenvalue weighted by Crippen LogP contribution is -2.42. The largest absolute Gasteiger partial charge is 0.474 e. The van der Waals surface area contributed by atoms with E-state index < -0.39 is 17.2 Å². The summed E-state index contributed by atoms with van der Waals surface area (Å²) >= 11 is 0. The van der Waals surface area contributed by atoms with Gasteiger partial charge in [0.1, 0.15) is 24.1 Å². The molecule has 9 heteroatoms. The van der Waals surface area contributed by atoms with Crippen molar-refractivity contribution in [2.45, 2.75) is 85.2 Å². The summed E-state index contributed by atoms with van der Waals surface area (Å²) in [4.78, 5) is 34.4. The van der Waals surface area contributed by atoms with Crippen molar-refractivity contribution in [3.05, 3.63) is 53.6 Å². The first-order chi connectivity index (χ1) is 19.7. The summed E-state index contributed by atoms with van der Waals surface area (Å²) in [7, 11) is 0. The summed E-state index contributed by atoms with van der Waals surface area (Å²) in [5.41, 5.74) is 0.887. The van der Waals surface area contributed by atoms with E-state index in [1.54, 1.807) is 4.90 Å². The average Bonchev–Trinajstić information content (AvgIpc) is 3.33. The minimum Gasteiger partial charge on any atom is -0.474 e. The van der Waals surface area contributed by atoms with Crippen LogP contribution < -0.4 is 15.0 Å². The number of amides is 2. The highest BCUT2D eigenvalue weighted by molar-refractivity contribution is 5.69. The van der Waals surface area contributed by atoms with Crippen LogP contribution >= 0.6 is 0 Å². The molecule has 1 N–H and O–H groups in total. The van der Waals surface area contributed by atoms with Gasteiger partial charge in [-0.1, -0.05) is 44.2 Å². The number of anilines is 1. The number of nitrogens with zero attached hydrogens (tertiary/aromatic N) is 3. The fourth-order valence-corrected chi connectivity index (χ4v) is 5.76. The van der Waals surface area contributed by atoms with Crippen molar-refractivity contribution in [2.75, 3.05) is 31.1 Å². The number of carbonyl (C=O) groups excluding carboxylic acids is 2. The minimum absolute atomic E-state index is 0.00600. The smallest absolute Gasteiger partial charge is 0.410 e. The molecular formula is C33H46N4O5. The number of ether oxygens (including phenoxy) is 3. The molecule has 3 heterocycles. The third-order valence-electron chi connectivity index (χ3n) is 8.60. The first-order valence-corrected chi connectivity index (χ1v) is 15.1. The fourth-order valence-electron chi connectivity index (χ4n) is 5.76. The number of fused-ring (bicyclic) bond motifs is 1. The van der Waals surface area contributed by atoms with Crippen LogP contribution in [0.15, 0.2) is 42.5 Å². The van der Waals surface area contributed by atoms with Crippen LogP contribution in [0.25, 0.3) is 0 Å². The standard InChI is InChI=1S/C33H46N4O5/c1-31(2,3)42-30(39)37-19-24-25(20-37)28(24)41-27-18-23(17-26(34-27)36-15-13-32(4,5)14-16-36)33(6,7)35-29(38)40-21-22-11-9-8-10-12-22/h8-12,17-18,24-25,28H,13-16,19-21H2,1-7H3,(H,35,38)/t24-,25+,28?. The number of piperidine rings is 2. The molecular weight excluding hydrogens is 532 g/mol. The van der Waals surface area contributed by atoms with Gasteiger partial charge >= 0.3 is 12.2 Å². The third kappa shape index (κ3) is 7.28. The van der Waals surface area contributed by atoms with E-state index in [0.29, 0.717) is 24.4 Å². The molecule has 1 unspecified atom stereocenters. The molecule has 2 saturated heterocycles. The molecule has 2 amide bonds. The van der Waals surface area contributed by atoms with Gasteiger partial charge in [-0.05, 0) is 70.1 Å². The Morgan fingerprint density at radius 2 is 1.64 bits per heavy atom. The van der Waals surface area contributed by atoms with Crippen LogP contribution in [-0.4, -0.2) is 60.0 Å². The zero-order valence-corrected chi connectivity index (χ0v) is 26.1. The van der Waals surface area contributed by atoms with Gasteiger partial charge in [0, 0.05) is 44.1 Å². The number of likely N-dealkylation sites (tertiary alicyclic amines) is 1. The summed E-state index contributed by atoms with van der Waals surface area (Å²) < 4.78 is 17.6. The van der Waals surface area contributed by atoms with Gasteiger partial charge in [0.2, 0.25) is 5.88 Å². The average molecular weight is 579 g/mol. The highest BCUT2D eigenvalue weighted by Crippen LogP contribution is 2.48. The van der Waals surface area contributed by atoms with Crippen molar-refractivity contribution >= 4 is 18.0 Å². The molecule has 0 bridgehead atoms. The molecule has 1 aliphatic carbocycles. The van der Waals surface area contributed by atoms with Gasteiger partial charge in [-0.3, -0.25) is 0 Å². The zero-order valence-electron chi connectivity index (χ0n) is 26.1. The Kier molecular flexibility index (Phi) is 8.07. The van der Waals surface area contributed by atoms with Gasteiger partial charge in [0.15, 0.2) is 0 Å². The van der Waals surface area contributed by atoms with E-state index in [-0.39, 0.29) is 30.6 Å². The first-order valence-electron chi connectivity index (χ1n) is 15.1. The Labute approximate surface area is 249 Å². The molecule has 1 saturated carbocycles. The van der Waals surface area contributed by atoms with E-state index in [1.165, 1.54) is 0 Å². The van der Waals surface area contributed by atoms with Crippen LogP contribution in [0.2, 0.25) is 0 Å². The number of aromatic nitrogens is 1. The number of hydrogen-bond acceptors (Lipinski definition) is 7. The second-order valence-electron chi connectivity index (χ2n) is 14.3. The zero-order chi connectivity index (χ0) is 30.3. The van der Waals surface area contributed by atoms with Gasteiger partial charge in [-0.2, -0.15) is 4.98 Å². The number of benzene rings is 1. The normalized spacial score (nSPS) is 23.2. The molecule has 3 fully saturated rings. The van der Waals surface area contributed by atoms with Crippen LogP contribution in [0.4, 0.5) is 15.4 Å². The minimum atomic E-state index is -0.731. The predicted molar refractivity (Wildman–Crippen MR) is 161 cm³/mol. The summed E-state index contributed by atoms with van der Waals surface area (Å²) in [6.07, 6.45) is 1.41. The Bertz CT molecular complexity index is 1270. The Morgan fingerprint density at radius 1 is 1.00 bits per heavy atom. The molecule has 3 aliphatic rings. The van der Waals surface area contributed by atoms with Crippen molar-refractivity contribution in [1.82, 2.24) is 15.2 Å². The van der Waals surface area contributed by atoms with Crippen molar-refractivity contribution < 1.29 is 23.8 Å². The fraction of sp³-hybridized carbons (Fsp3) is 0.606. The Hall–Kier alpha value is -3.49. The summed E-state index contributed by atoms with van der Waals surface area (Å²) in [5.74, 6) is 1.93. The van der Waals surface area contributed by atoms with Crippen LogP contribution in [-0.2, 0) is 21.6 Å². The van der Waals surface area contributed by atoms with Crippen molar-refractivity contribution in [3.8, 4) is 5.88 Å². The molecule has 2 aliphatic heterocycles. The highest BCUT2D eigenvalue weighted by atomic mass is 16.6. The lowest BCUT2D eigenvalue weighted by molar-refractivity contribution is 0.0252. The monoisotopic (exact) mass is 578 g/mol. The van der Waals surface area contributed by atoms with Crippen molar-refractivity contribution in [1.29, 1.82) is 0 Å². The van der Waals surface area contributed by atoms with Crippen LogP contribution in [0, 0.1) is 17.3 Å². The number of rotatable bonds is 7. The molecule has 9 nitrogen and oxygen atoms in total. The molecule has 1 aromatic carbocycles. The maximum atomic E-state index is 12.8. The lowest BCUT2D eigenvalue weighted by Gasteiger charge is -2.38. The quantitative estimate of drug-likeness (QED) is 0.424. The molecule has 228 valence electrons. The second-order valence-corrected chi connectivity index (χ2v) is 14.3. The summed E-state index contributed by atoms with van der Waals surface area (Å²) in [6.45, 7) is 17.5.